The molecule has 1 rings (SSSR count). The third-order valence-corrected chi connectivity index (χ3v) is 2.15. The number of hydrogen-bond acceptors (Lipinski definition) is 3. The second kappa shape index (κ2) is 3.54. The Morgan fingerprint density at radius 2 is 2.00 bits per heavy atom. The molecule has 1 N–H and O–H groups in total. The summed E-state index contributed by atoms with van der Waals surface area (Å²) >= 11 is 0. The first-order chi connectivity index (χ1) is 6.25. The van der Waals surface area contributed by atoms with Gasteiger partial charge in [-0.25, -0.2) is 4.79 Å². The number of esters is 1. The summed E-state index contributed by atoms with van der Waals surface area (Å²) < 4.78 is 5.36. The average molecular weight is 199 g/mol. The van der Waals surface area contributed by atoms with Gasteiger partial charge < -0.3 is 4.74 Å². The molecular formula is C11H21NO2. The number of hydrogen-bond donors (Lipinski definition) is 1. The summed E-state index contributed by atoms with van der Waals surface area (Å²) in [4.78, 5) is 11.8. The highest BCUT2D eigenvalue weighted by Crippen LogP contribution is 2.29. The van der Waals surface area contributed by atoms with Gasteiger partial charge >= 0.3 is 5.97 Å². The van der Waals surface area contributed by atoms with Gasteiger partial charge in [0.2, 0.25) is 0 Å². The predicted octanol–water partition coefficient (Wildman–Crippen LogP) is 1.72. The molecule has 1 saturated heterocycles. The number of carbonyl (C=O) groups is 1. The van der Waals surface area contributed by atoms with Crippen molar-refractivity contribution in [2.45, 2.75) is 52.2 Å². The lowest BCUT2D eigenvalue weighted by atomic mass is 9.97. The van der Waals surface area contributed by atoms with Gasteiger partial charge in [-0.2, -0.15) is 0 Å². The third-order valence-electron chi connectivity index (χ3n) is 2.15. The molecule has 0 bridgehead atoms. The maximum atomic E-state index is 11.8. The highest BCUT2D eigenvalue weighted by Gasteiger charge is 2.51. The van der Waals surface area contributed by atoms with Crippen LogP contribution >= 0.6 is 0 Å². The topological polar surface area (TPSA) is 48.2 Å². The first kappa shape index (κ1) is 11.5. The SMILES string of the molecule is CC(C)C[C@]1(C(=O)OC(C)(C)C)CN1. The van der Waals surface area contributed by atoms with Crippen molar-refractivity contribution in [3.05, 3.63) is 0 Å². The maximum Gasteiger partial charge on any atom is 0.328 e. The summed E-state index contributed by atoms with van der Waals surface area (Å²) in [7, 11) is 0. The lowest BCUT2D eigenvalue weighted by molar-refractivity contribution is -0.158. The van der Waals surface area contributed by atoms with Crippen LogP contribution < -0.4 is 5.32 Å². The van der Waals surface area contributed by atoms with Crippen LogP contribution in [0, 0.1) is 5.92 Å². The molecule has 3 nitrogen and oxygen atoms in total. The van der Waals surface area contributed by atoms with Crippen LogP contribution in [0.2, 0.25) is 0 Å². The summed E-state index contributed by atoms with van der Waals surface area (Å²) in [5.74, 6) is 0.413. The minimum Gasteiger partial charge on any atom is -0.459 e. The Balaban J connectivity index is 2.52. The molecule has 0 aliphatic carbocycles. The summed E-state index contributed by atoms with van der Waals surface area (Å²) in [6.45, 7) is 10.7. The van der Waals surface area contributed by atoms with Crippen molar-refractivity contribution in [2.75, 3.05) is 6.54 Å². The van der Waals surface area contributed by atoms with Crippen LogP contribution in [0.5, 0.6) is 0 Å². The first-order valence-corrected chi connectivity index (χ1v) is 5.24. The Kier molecular flexibility index (Phi) is 2.91. The van der Waals surface area contributed by atoms with Crippen LogP contribution in [0.1, 0.15) is 41.0 Å². The standard InChI is InChI=1S/C11H21NO2/c1-8(2)6-11(7-12-11)9(13)14-10(3,4)5/h8,12H,6-7H2,1-5H3/t11-/m1/s1. The zero-order valence-corrected chi connectivity index (χ0v) is 9.81. The number of rotatable bonds is 3. The normalized spacial score (nSPS) is 26.4. The minimum atomic E-state index is -0.384. The monoisotopic (exact) mass is 199 g/mol. The van der Waals surface area contributed by atoms with Gasteiger partial charge in [0.05, 0.1) is 0 Å². The van der Waals surface area contributed by atoms with Gasteiger partial charge in [0.1, 0.15) is 11.1 Å². The molecule has 0 aromatic carbocycles. The molecule has 0 unspecified atom stereocenters. The van der Waals surface area contributed by atoms with E-state index >= 15 is 0 Å². The molecular weight excluding hydrogens is 178 g/mol. The number of ether oxygens (including phenoxy) is 1. The zero-order valence-electron chi connectivity index (χ0n) is 9.81. The molecule has 3 heteroatoms. The molecule has 0 aromatic heterocycles. The van der Waals surface area contributed by atoms with Gasteiger partial charge in [-0.05, 0) is 33.1 Å². The summed E-state index contributed by atoms with van der Waals surface area (Å²) in [6.07, 6.45) is 0.863. The lowest BCUT2D eigenvalue weighted by Crippen LogP contribution is -2.37. The Labute approximate surface area is 86.2 Å². The molecule has 0 saturated carbocycles. The Bertz CT molecular complexity index is 224. The second-order valence-corrected chi connectivity index (χ2v) is 5.54. The molecule has 1 heterocycles. The summed E-state index contributed by atoms with van der Waals surface area (Å²) in [5.41, 5.74) is -0.757. The largest absolute Gasteiger partial charge is 0.459 e. The lowest BCUT2D eigenvalue weighted by Gasteiger charge is -2.23. The van der Waals surface area contributed by atoms with E-state index in [-0.39, 0.29) is 17.1 Å². The minimum absolute atomic E-state index is 0.0984. The van der Waals surface area contributed by atoms with E-state index in [9.17, 15) is 4.79 Å². The smallest absolute Gasteiger partial charge is 0.328 e. The summed E-state index contributed by atoms with van der Waals surface area (Å²) in [5, 5.41) is 3.13. The Morgan fingerprint density at radius 1 is 1.50 bits per heavy atom. The zero-order chi connectivity index (χ0) is 11.0. The van der Waals surface area contributed by atoms with Gasteiger partial charge in [-0.1, -0.05) is 13.8 Å². The number of carbonyl (C=O) groups excluding carboxylic acids is 1. The molecule has 82 valence electrons. The van der Waals surface area contributed by atoms with Crippen molar-refractivity contribution >= 4 is 5.97 Å². The van der Waals surface area contributed by atoms with E-state index in [1.54, 1.807) is 0 Å². The van der Waals surface area contributed by atoms with Crippen molar-refractivity contribution in [1.29, 1.82) is 0 Å². The van der Waals surface area contributed by atoms with Crippen molar-refractivity contribution in [3.8, 4) is 0 Å². The fourth-order valence-corrected chi connectivity index (χ4v) is 1.55. The van der Waals surface area contributed by atoms with E-state index in [1.807, 2.05) is 20.8 Å². The van der Waals surface area contributed by atoms with Crippen molar-refractivity contribution < 1.29 is 9.53 Å². The Hall–Kier alpha value is -0.570. The van der Waals surface area contributed by atoms with Gasteiger partial charge in [0, 0.05) is 6.54 Å². The van der Waals surface area contributed by atoms with Crippen molar-refractivity contribution in [1.82, 2.24) is 5.32 Å². The molecule has 0 spiro atoms. The molecule has 1 aliphatic rings. The maximum absolute atomic E-state index is 11.8. The van der Waals surface area contributed by atoms with Crippen LogP contribution in [0.4, 0.5) is 0 Å². The Morgan fingerprint density at radius 3 is 2.29 bits per heavy atom. The average Bonchev–Trinajstić information content (AvgIpc) is 2.63. The van der Waals surface area contributed by atoms with Crippen LogP contribution in [0.15, 0.2) is 0 Å². The van der Waals surface area contributed by atoms with Crippen LogP contribution in [0.3, 0.4) is 0 Å². The highest BCUT2D eigenvalue weighted by molar-refractivity contribution is 5.85. The first-order valence-electron chi connectivity index (χ1n) is 5.24. The second-order valence-electron chi connectivity index (χ2n) is 5.54. The summed E-state index contributed by atoms with van der Waals surface area (Å²) in [6, 6.07) is 0. The van der Waals surface area contributed by atoms with Crippen molar-refractivity contribution in [3.63, 3.8) is 0 Å². The van der Waals surface area contributed by atoms with Crippen LogP contribution in [-0.4, -0.2) is 23.7 Å². The van der Waals surface area contributed by atoms with Gasteiger partial charge in [0.15, 0.2) is 0 Å². The fraction of sp³-hybridized carbons (Fsp3) is 0.909. The van der Waals surface area contributed by atoms with E-state index in [1.165, 1.54) is 0 Å². The van der Waals surface area contributed by atoms with Crippen LogP contribution in [-0.2, 0) is 9.53 Å². The van der Waals surface area contributed by atoms with Crippen LogP contribution in [0.25, 0.3) is 0 Å². The molecule has 14 heavy (non-hydrogen) atoms. The number of nitrogens with one attached hydrogen (secondary N) is 1. The van der Waals surface area contributed by atoms with E-state index in [0.29, 0.717) is 5.92 Å². The molecule has 0 radical (unpaired) electrons. The van der Waals surface area contributed by atoms with Gasteiger partial charge in [-0.15, -0.1) is 0 Å². The quantitative estimate of drug-likeness (QED) is 0.556. The van der Waals surface area contributed by atoms with E-state index in [4.69, 9.17) is 4.74 Å². The molecule has 0 amide bonds. The third kappa shape index (κ3) is 2.98. The van der Waals surface area contributed by atoms with E-state index in [0.717, 1.165) is 13.0 Å². The highest BCUT2D eigenvalue weighted by atomic mass is 16.6. The van der Waals surface area contributed by atoms with Crippen molar-refractivity contribution in [2.24, 2.45) is 5.92 Å². The molecule has 1 fully saturated rings. The molecule has 0 aromatic rings. The molecule has 1 atom stereocenters. The molecule has 1 aliphatic heterocycles. The van der Waals surface area contributed by atoms with Gasteiger partial charge in [-0.3, -0.25) is 5.32 Å². The predicted molar refractivity (Wildman–Crippen MR) is 56.0 cm³/mol. The fourth-order valence-electron chi connectivity index (χ4n) is 1.55. The van der Waals surface area contributed by atoms with Gasteiger partial charge in [0.25, 0.3) is 0 Å². The van der Waals surface area contributed by atoms with E-state index in [2.05, 4.69) is 19.2 Å². The van der Waals surface area contributed by atoms with E-state index < -0.39 is 0 Å².